The SMILES string of the molecule is O=C(C1CCSC1)N1CCC(=NO)CC1. The van der Waals surface area contributed by atoms with Crippen LogP contribution in [0.3, 0.4) is 0 Å². The third-order valence-corrected chi connectivity index (χ3v) is 4.24. The Kier molecular flexibility index (Phi) is 3.51. The highest BCUT2D eigenvalue weighted by atomic mass is 32.2. The Balaban J connectivity index is 1.87. The van der Waals surface area contributed by atoms with Gasteiger partial charge in [0.05, 0.1) is 5.71 Å². The minimum absolute atomic E-state index is 0.239. The van der Waals surface area contributed by atoms with E-state index >= 15 is 0 Å². The molecule has 0 spiro atoms. The van der Waals surface area contributed by atoms with Gasteiger partial charge in [0.2, 0.25) is 5.91 Å². The Morgan fingerprint density at radius 2 is 2.20 bits per heavy atom. The molecule has 0 aromatic rings. The monoisotopic (exact) mass is 228 g/mol. The van der Waals surface area contributed by atoms with Gasteiger partial charge in [-0.05, 0) is 12.2 Å². The van der Waals surface area contributed by atoms with E-state index in [-0.39, 0.29) is 5.92 Å². The van der Waals surface area contributed by atoms with E-state index in [1.54, 1.807) is 0 Å². The highest BCUT2D eigenvalue weighted by molar-refractivity contribution is 7.99. The lowest BCUT2D eigenvalue weighted by molar-refractivity contribution is -0.134. The van der Waals surface area contributed by atoms with E-state index < -0.39 is 0 Å². The number of carbonyl (C=O) groups excluding carboxylic acids is 1. The van der Waals surface area contributed by atoms with Crippen LogP contribution >= 0.6 is 11.8 Å². The van der Waals surface area contributed by atoms with E-state index in [1.165, 1.54) is 0 Å². The van der Waals surface area contributed by atoms with Crippen molar-refractivity contribution in [3.63, 3.8) is 0 Å². The fourth-order valence-corrected chi connectivity index (χ4v) is 3.28. The molecule has 4 nitrogen and oxygen atoms in total. The molecule has 0 aromatic heterocycles. The summed E-state index contributed by atoms with van der Waals surface area (Å²) in [6.45, 7) is 1.44. The van der Waals surface area contributed by atoms with E-state index in [4.69, 9.17) is 5.21 Å². The summed E-state index contributed by atoms with van der Waals surface area (Å²) in [5.74, 6) is 2.64. The first-order valence-electron chi connectivity index (χ1n) is 5.37. The number of nitrogens with zero attached hydrogens (tertiary/aromatic N) is 2. The number of piperidine rings is 1. The van der Waals surface area contributed by atoms with Crippen LogP contribution in [0.15, 0.2) is 5.16 Å². The largest absolute Gasteiger partial charge is 0.411 e. The summed E-state index contributed by atoms with van der Waals surface area (Å²) in [7, 11) is 0. The van der Waals surface area contributed by atoms with E-state index in [9.17, 15) is 4.79 Å². The molecule has 1 N–H and O–H groups in total. The summed E-state index contributed by atoms with van der Waals surface area (Å²) in [5.41, 5.74) is 0.819. The number of hydrogen-bond donors (Lipinski definition) is 1. The summed E-state index contributed by atoms with van der Waals surface area (Å²) in [6.07, 6.45) is 2.48. The van der Waals surface area contributed by atoms with Gasteiger partial charge in [-0.25, -0.2) is 0 Å². The van der Waals surface area contributed by atoms with Crippen molar-refractivity contribution in [3.8, 4) is 0 Å². The summed E-state index contributed by atoms with van der Waals surface area (Å²) >= 11 is 1.87. The zero-order valence-corrected chi connectivity index (χ0v) is 9.50. The van der Waals surface area contributed by atoms with Gasteiger partial charge in [0, 0.05) is 37.6 Å². The predicted molar refractivity (Wildman–Crippen MR) is 60.5 cm³/mol. The predicted octanol–water partition coefficient (Wildman–Crippen LogP) is 1.19. The van der Waals surface area contributed by atoms with Crippen molar-refractivity contribution in [2.75, 3.05) is 24.6 Å². The van der Waals surface area contributed by atoms with Crippen LogP contribution in [0.5, 0.6) is 0 Å². The molecule has 1 unspecified atom stereocenters. The number of amides is 1. The second-order valence-corrected chi connectivity index (χ2v) is 5.20. The molecule has 2 aliphatic rings. The first kappa shape index (κ1) is 10.8. The second-order valence-electron chi connectivity index (χ2n) is 4.05. The number of thioether (sulfide) groups is 1. The molecule has 15 heavy (non-hydrogen) atoms. The minimum Gasteiger partial charge on any atom is -0.411 e. The highest BCUT2D eigenvalue weighted by Crippen LogP contribution is 2.26. The van der Waals surface area contributed by atoms with Crippen LogP contribution in [-0.4, -0.2) is 46.3 Å². The lowest BCUT2D eigenvalue weighted by atomic mass is 10.0. The minimum atomic E-state index is 0.239. The summed E-state index contributed by atoms with van der Waals surface area (Å²) in [6, 6.07) is 0. The molecule has 0 aliphatic carbocycles. The van der Waals surface area contributed by atoms with Gasteiger partial charge in [-0.15, -0.1) is 0 Å². The number of likely N-dealkylation sites (tertiary alicyclic amines) is 1. The fourth-order valence-electron chi connectivity index (χ4n) is 2.07. The number of carbonyl (C=O) groups is 1. The molecule has 1 atom stereocenters. The zero-order chi connectivity index (χ0) is 10.7. The molecular formula is C10H16N2O2S. The van der Waals surface area contributed by atoms with Crippen LogP contribution in [0.2, 0.25) is 0 Å². The van der Waals surface area contributed by atoms with Crippen LogP contribution in [0, 0.1) is 5.92 Å². The van der Waals surface area contributed by atoms with E-state index in [0.29, 0.717) is 5.91 Å². The van der Waals surface area contributed by atoms with Gasteiger partial charge in [-0.1, -0.05) is 5.16 Å². The van der Waals surface area contributed by atoms with E-state index in [1.807, 2.05) is 16.7 Å². The molecule has 2 heterocycles. The van der Waals surface area contributed by atoms with Crippen molar-refractivity contribution in [2.24, 2.45) is 11.1 Å². The molecule has 0 bridgehead atoms. The Bertz CT molecular complexity index is 265. The van der Waals surface area contributed by atoms with Gasteiger partial charge in [-0.2, -0.15) is 11.8 Å². The average Bonchev–Trinajstić information content (AvgIpc) is 2.82. The van der Waals surface area contributed by atoms with Crippen molar-refractivity contribution in [1.29, 1.82) is 0 Å². The molecule has 2 aliphatic heterocycles. The van der Waals surface area contributed by atoms with Gasteiger partial charge in [0.25, 0.3) is 0 Å². The molecule has 1 amide bonds. The van der Waals surface area contributed by atoms with Gasteiger partial charge < -0.3 is 10.1 Å². The molecule has 0 radical (unpaired) electrons. The van der Waals surface area contributed by atoms with Crippen LogP contribution in [0.1, 0.15) is 19.3 Å². The normalized spacial score (nSPS) is 26.8. The van der Waals surface area contributed by atoms with Crippen molar-refractivity contribution in [1.82, 2.24) is 4.90 Å². The quantitative estimate of drug-likeness (QED) is 0.542. The second kappa shape index (κ2) is 4.88. The molecular weight excluding hydrogens is 212 g/mol. The van der Waals surface area contributed by atoms with E-state index in [0.717, 1.165) is 49.6 Å². The maximum Gasteiger partial charge on any atom is 0.226 e. The van der Waals surface area contributed by atoms with Gasteiger partial charge >= 0.3 is 0 Å². The van der Waals surface area contributed by atoms with Gasteiger partial charge in [0.1, 0.15) is 0 Å². The standard InChI is InChI=1S/C10H16N2O2S/c13-10(8-3-6-15-7-8)12-4-1-9(11-14)2-5-12/h8,14H,1-7H2. The third-order valence-electron chi connectivity index (χ3n) is 3.07. The van der Waals surface area contributed by atoms with Crippen LogP contribution in [0.4, 0.5) is 0 Å². The van der Waals surface area contributed by atoms with Crippen molar-refractivity contribution in [3.05, 3.63) is 0 Å². The van der Waals surface area contributed by atoms with Crippen molar-refractivity contribution < 1.29 is 10.0 Å². The summed E-state index contributed by atoms with van der Waals surface area (Å²) in [4.78, 5) is 13.9. The Hall–Kier alpha value is -0.710. The molecule has 2 saturated heterocycles. The topological polar surface area (TPSA) is 52.9 Å². The Morgan fingerprint density at radius 3 is 2.73 bits per heavy atom. The van der Waals surface area contributed by atoms with E-state index in [2.05, 4.69) is 5.16 Å². The lowest BCUT2D eigenvalue weighted by Crippen LogP contribution is -2.42. The van der Waals surface area contributed by atoms with Gasteiger partial charge in [-0.3, -0.25) is 4.79 Å². The zero-order valence-electron chi connectivity index (χ0n) is 8.69. The van der Waals surface area contributed by atoms with Crippen LogP contribution in [-0.2, 0) is 4.79 Å². The Morgan fingerprint density at radius 1 is 1.47 bits per heavy atom. The van der Waals surface area contributed by atoms with Crippen molar-refractivity contribution >= 4 is 23.4 Å². The first-order valence-corrected chi connectivity index (χ1v) is 6.53. The first-order chi connectivity index (χ1) is 7.31. The number of oxime groups is 1. The molecule has 84 valence electrons. The van der Waals surface area contributed by atoms with Gasteiger partial charge in [0.15, 0.2) is 0 Å². The highest BCUT2D eigenvalue weighted by Gasteiger charge is 2.29. The molecule has 2 fully saturated rings. The number of rotatable bonds is 1. The Labute approximate surface area is 93.7 Å². The van der Waals surface area contributed by atoms with Crippen molar-refractivity contribution in [2.45, 2.75) is 19.3 Å². The molecule has 0 aromatic carbocycles. The molecule has 2 rings (SSSR count). The maximum atomic E-state index is 12.0. The maximum absolute atomic E-state index is 12.0. The average molecular weight is 228 g/mol. The summed E-state index contributed by atoms with van der Waals surface area (Å²) < 4.78 is 0. The van der Waals surface area contributed by atoms with Crippen LogP contribution in [0.25, 0.3) is 0 Å². The smallest absolute Gasteiger partial charge is 0.226 e. The lowest BCUT2D eigenvalue weighted by Gasteiger charge is -2.29. The summed E-state index contributed by atoms with van der Waals surface area (Å²) in [5, 5.41) is 11.8. The van der Waals surface area contributed by atoms with Crippen LogP contribution < -0.4 is 0 Å². The number of hydrogen-bond acceptors (Lipinski definition) is 4. The fraction of sp³-hybridized carbons (Fsp3) is 0.800. The molecule has 0 saturated carbocycles. The molecule has 5 heteroatoms. The third kappa shape index (κ3) is 2.45.